The quantitative estimate of drug-likeness (QED) is 0.472. The van der Waals surface area contributed by atoms with E-state index in [1.165, 1.54) is 6.08 Å². The SMILES string of the molecule is CC(C)(C)N(O)C(=O)C=Cc1ccccc1. The minimum atomic E-state index is -0.585. The van der Waals surface area contributed by atoms with Gasteiger partial charge in [0, 0.05) is 6.08 Å². The molecule has 3 nitrogen and oxygen atoms in total. The van der Waals surface area contributed by atoms with E-state index in [0.29, 0.717) is 0 Å². The molecule has 0 aromatic heterocycles. The Morgan fingerprint density at radius 2 is 1.81 bits per heavy atom. The van der Waals surface area contributed by atoms with Crippen molar-refractivity contribution in [3.05, 3.63) is 42.0 Å². The van der Waals surface area contributed by atoms with Crippen LogP contribution < -0.4 is 0 Å². The van der Waals surface area contributed by atoms with E-state index in [1.54, 1.807) is 26.8 Å². The Balaban J connectivity index is 2.69. The molecule has 0 unspecified atom stereocenters. The van der Waals surface area contributed by atoms with Gasteiger partial charge in [0.15, 0.2) is 0 Å². The average molecular weight is 219 g/mol. The van der Waals surface area contributed by atoms with E-state index in [-0.39, 0.29) is 0 Å². The van der Waals surface area contributed by atoms with Gasteiger partial charge in [-0.05, 0) is 32.4 Å². The van der Waals surface area contributed by atoms with Crippen molar-refractivity contribution < 1.29 is 10.0 Å². The predicted octanol–water partition coefficient (Wildman–Crippen LogP) is 2.72. The second kappa shape index (κ2) is 4.94. The first kappa shape index (κ1) is 12.5. The number of nitrogens with zero attached hydrogens (tertiary/aromatic N) is 1. The molecule has 86 valence electrons. The van der Waals surface area contributed by atoms with Crippen LogP contribution in [0.2, 0.25) is 0 Å². The zero-order valence-electron chi connectivity index (χ0n) is 9.84. The molecule has 16 heavy (non-hydrogen) atoms. The van der Waals surface area contributed by atoms with Gasteiger partial charge >= 0.3 is 0 Å². The summed E-state index contributed by atoms with van der Waals surface area (Å²) >= 11 is 0. The van der Waals surface area contributed by atoms with Crippen LogP contribution in [0.4, 0.5) is 0 Å². The van der Waals surface area contributed by atoms with Crippen molar-refractivity contribution in [3.63, 3.8) is 0 Å². The fraction of sp³-hybridized carbons (Fsp3) is 0.308. The van der Waals surface area contributed by atoms with E-state index < -0.39 is 11.4 Å². The van der Waals surface area contributed by atoms with Gasteiger partial charge in [-0.15, -0.1) is 0 Å². The molecule has 0 bridgehead atoms. The van der Waals surface area contributed by atoms with Crippen molar-refractivity contribution in [2.75, 3.05) is 0 Å². The lowest BCUT2D eigenvalue weighted by Crippen LogP contribution is -2.42. The third-order valence-corrected chi connectivity index (χ3v) is 2.06. The van der Waals surface area contributed by atoms with Crippen molar-refractivity contribution in [1.82, 2.24) is 5.06 Å². The summed E-state index contributed by atoms with van der Waals surface area (Å²) in [6, 6.07) is 9.48. The summed E-state index contributed by atoms with van der Waals surface area (Å²) in [6.07, 6.45) is 3.04. The van der Waals surface area contributed by atoms with Gasteiger partial charge in [0.1, 0.15) is 0 Å². The van der Waals surface area contributed by atoms with Crippen LogP contribution in [0.5, 0.6) is 0 Å². The van der Waals surface area contributed by atoms with E-state index in [2.05, 4.69) is 0 Å². The molecule has 0 atom stereocenters. The zero-order chi connectivity index (χ0) is 12.2. The molecule has 1 aromatic rings. The highest BCUT2D eigenvalue weighted by Crippen LogP contribution is 2.11. The van der Waals surface area contributed by atoms with Gasteiger partial charge in [-0.3, -0.25) is 10.0 Å². The van der Waals surface area contributed by atoms with Crippen molar-refractivity contribution in [2.24, 2.45) is 0 Å². The maximum Gasteiger partial charge on any atom is 0.270 e. The van der Waals surface area contributed by atoms with Gasteiger partial charge in [-0.25, -0.2) is 5.06 Å². The zero-order valence-corrected chi connectivity index (χ0v) is 9.84. The summed E-state index contributed by atoms with van der Waals surface area (Å²) < 4.78 is 0. The minimum absolute atomic E-state index is 0.420. The molecule has 1 aromatic carbocycles. The highest BCUT2D eigenvalue weighted by atomic mass is 16.5. The molecule has 0 saturated heterocycles. The Morgan fingerprint density at radius 1 is 1.25 bits per heavy atom. The fourth-order valence-electron chi connectivity index (χ4n) is 1.13. The van der Waals surface area contributed by atoms with Crippen molar-refractivity contribution in [2.45, 2.75) is 26.3 Å². The minimum Gasteiger partial charge on any atom is -0.285 e. The number of carbonyl (C=O) groups excluding carboxylic acids is 1. The van der Waals surface area contributed by atoms with E-state index in [0.717, 1.165) is 10.6 Å². The van der Waals surface area contributed by atoms with Gasteiger partial charge in [0.2, 0.25) is 0 Å². The highest BCUT2D eigenvalue weighted by Gasteiger charge is 2.22. The molecule has 0 aliphatic rings. The third kappa shape index (κ3) is 3.51. The monoisotopic (exact) mass is 219 g/mol. The number of hydrogen-bond donors (Lipinski definition) is 1. The van der Waals surface area contributed by atoms with Crippen LogP contribution >= 0.6 is 0 Å². The van der Waals surface area contributed by atoms with Crippen molar-refractivity contribution in [1.29, 1.82) is 0 Å². The molecule has 0 saturated carbocycles. The largest absolute Gasteiger partial charge is 0.285 e. The Labute approximate surface area is 96.0 Å². The Kier molecular flexibility index (Phi) is 3.85. The molecule has 0 aliphatic carbocycles. The van der Waals surface area contributed by atoms with Crippen LogP contribution in [0.15, 0.2) is 36.4 Å². The van der Waals surface area contributed by atoms with Gasteiger partial charge in [0.05, 0.1) is 5.54 Å². The summed E-state index contributed by atoms with van der Waals surface area (Å²) in [5.41, 5.74) is 0.344. The van der Waals surface area contributed by atoms with E-state index in [4.69, 9.17) is 0 Å². The average Bonchev–Trinajstić information content (AvgIpc) is 2.25. The fourth-order valence-corrected chi connectivity index (χ4v) is 1.13. The number of hydroxylamine groups is 2. The van der Waals surface area contributed by atoms with Crippen LogP contribution in [0.3, 0.4) is 0 Å². The van der Waals surface area contributed by atoms with Crippen LogP contribution in [-0.2, 0) is 4.79 Å². The summed E-state index contributed by atoms with van der Waals surface area (Å²) in [4.78, 5) is 11.6. The summed E-state index contributed by atoms with van der Waals surface area (Å²) in [5, 5.41) is 10.3. The normalized spacial score (nSPS) is 11.8. The third-order valence-electron chi connectivity index (χ3n) is 2.06. The van der Waals surface area contributed by atoms with Crippen LogP contribution in [0.1, 0.15) is 26.3 Å². The lowest BCUT2D eigenvalue weighted by molar-refractivity contribution is -0.180. The lowest BCUT2D eigenvalue weighted by atomic mass is 10.1. The van der Waals surface area contributed by atoms with Crippen LogP contribution in [-0.4, -0.2) is 21.7 Å². The standard InChI is InChI=1S/C13H17NO2/c1-13(2,3)14(16)12(15)10-9-11-7-5-4-6-8-11/h4-10,16H,1-3H3. The summed E-state index contributed by atoms with van der Waals surface area (Å²) in [7, 11) is 0. The number of rotatable bonds is 2. The first-order chi connectivity index (χ1) is 7.41. The molecule has 1 rings (SSSR count). The number of hydrogen-bond acceptors (Lipinski definition) is 2. The Morgan fingerprint density at radius 3 is 2.31 bits per heavy atom. The highest BCUT2D eigenvalue weighted by molar-refractivity contribution is 5.91. The van der Waals surface area contributed by atoms with Crippen LogP contribution in [0.25, 0.3) is 6.08 Å². The lowest BCUT2D eigenvalue weighted by Gasteiger charge is -2.28. The molecule has 0 fully saturated rings. The van der Waals surface area contributed by atoms with Gasteiger partial charge in [0.25, 0.3) is 5.91 Å². The molecular formula is C13H17NO2. The molecule has 0 heterocycles. The van der Waals surface area contributed by atoms with E-state index in [9.17, 15) is 10.0 Å². The topological polar surface area (TPSA) is 40.5 Å². The molecule has 0 radical (unpaired) electrons. The van der Waals surface area contributed by atoms with Crippen molar-refractivity contribution in [3.8, 4) is 0 Å². The second-order valence-corrected chi connectivity index (χ2v) is 4.56. The van der Waals surface area contributed by atoms with Gasteiger partial charge in [-0.2, -0.15) is 0 Å². The molecule has 0 spiro atoms. The van der Waals surface area contributed by atoms with Gasteiger partial charge in [-0.1, -0.05) is 30.3 Å². The molecule has 1 N–H and O–H groups in total. The second-order valence-electron chi connectivity index (χ2n) is 4.56. The van der Waals surface area contributed by atoms with E-state index in [1.807, 2.05) is 30.3 Å². The predicted molar refractivity (Wildman–Crippen MR) is 63.9 cm³/mol. The Hall–Kier alpha value is -1.61. The first-order valence-corrected chi connectivity index (χ1v) is 5.17. The number of benzene rings is 1. The number of carbonyl (C=O) groups is 1. The summed E-state index contributed by atoms with van der Waals surface area (Å²) in [6.45, 7) is 5.30. The maximum atomic E-state index is 11.6. The smallest absolute Gasteiger partial charge is 0.270 e. The summed E-state index contributed by atoms with van der Waals surface area (Å²) in [5.74, 6) is -0.420. The van der Waals surface area contributed by atoms with E-state index >= 15 is 0 Å². The molecular weight excluding hydrogens is 202 g/mol. The van der Waals surface area contributed by atoms with Crippen LogP contribution in [0, 0.1) is 0 Å². The Bertz CT molecular complexity index is 377. The van der Waals surface area contributed by atoms with Crippen molar-refractivity contribution >= 4 is 12.0 Å². The molecule has 1 amide bonds. The molecule has 3 heteroatoms. The molecule has 0 aliphatic heterocycles. The van der Waals surface area contributed by atoms with Gasteiger partial charge < -0.3 is 0 Å². The first-order valence-electron chi connectivity index (χ1n) is 5.17. The maximum absolute atomic E-state index is 11.6. The number of amides is 1.